The second kappa shape index (κ2) is 83.7. The molecule has 3 N–H and O–H groups in total. The highest BCUT2D eigenvalue weighted by molar-refractivity contribution is 7.47. The maximum absolute atomic E-state index is 13.2. The molecule has 0 amide bonds. The minimum Gasteiger partial charge on any atom is -0.462 e. The molecule has 0 aliphatic heterocycles. The number of aliphatic hydroxyl groups excluding tert-OH is 1. The van der Waals surface area contributed by atoms with Gasteiger partial charge in [-0.2, -0.15) is 0 Å². The third-order valence-corrected chi connectivity index (χ3v) is 25.1. The van der Waals surface area contributed by atoms with Gasteiger partial charge in [0.2, 0.25) is 0 Å². The summed E-state index contributed by atoms with van der Waals surface area (Å²) < 4.78 is 69.2. The molecule has 0 heterocycles. The van der Waals surface area contributed by atoms with Gasteiger partial charge in [-0.25, -0.2) is 9.13 Å². The Balaban J connectivity index is 5.25. The molecular formula is C94H184O17P2. The molecule has 0 radical (unpaired) electrons. The second-order valence-electron chi connectivity index (χ2n) is 34.5. The summed E-state index contributed by atoms with van der Waals surface area (Å²) in [4.78, 5) is 73.5. The smallest absolute Gasteiger partial charge is 0.462 e. The number of unbranched alkanes of at least 4 members (excludes halogenated alkanes) is 57. The van der Waals surface area contributed by atoms with Crippen LogP contribution >= 0.6 is 15.6 Å². The maximum Gasteiger partial charge on any atom is 0.472 e. The summed E-state index contributed by atoms with van der Waals surface area (Å²) in [6, 6.07) is 0. The largest absolute Gasteiger partial charge is 0.472 e. The van der Waals surface area contributed by atoms with Gasteiger partial charge in [-0.1, -0.05) is 453 Å². The second-order valence-corrected chi connectivity index (χ2v) is 37.4. The molecule has 5 unspecified atom stereocenters. The fourth-order valence-corrected chi connectivity index (χ4v) is 16.3. The molecule has 0 spiro atoms. The van der Waals surface area contributed by atoms with E-state index in [0.29, 0.717) is 25.7 Å². The number of carbonyl (C=O) groups excluding carboxylic acids is 4. The number of phosphoric acid groups is 2. The monoisotopic (exact) mass is 1650 g/mol. The van der Waals surface area contributed by atoms with Crippen molar-refractivity contribution in [3.05, 3.63) is 0 Å². The molecule has 0 aliphatic rings. The number of phosphoric ester groups is 2. The van der Waals surface area contributed by atoms with Crippen molar-refractivity contribution >= 4 is 39.5 Å². The van der Waals surface area contributed by atoms with E-state index >= 15 is 0 Å². The lowest BCUT2D eigenvalue weighted by Crippen LogP contribution is -2.30. The van der Waals surface area contributed by atoms with E-state index in [-0.39, 0.29) is 25.7 Å². The summed E-state index contributed by atoms with van der Waals surface area (Å²) in [6.45, 7) is 12.2. The van der Waals surface area contributed by atoms with Crippen LogP contribution in [0.2, 0.25) is 0 Å². The highest BCUT2D eigenvalue weighted by atomic mass is 31.2. The quantitative estimate of drug-likeness (QED) is 0.0222. The SMILES string of the molecule is CCCCCCCCCCCCCCCCCCCCCCCC(=O)OC[C@H](COP(=O)(O)OC[C@@H](O)COP(=O)(O)OC[C@@H](COC(=O)CCCCCCCCCCC(C)CC)OC(=O)CCCCCCCCCCCCCCCCC(C)CC)OC(=O)CCCCCCCCCCCCCCCCCCCCC(C)CC. The first-order valence-corrected chi connectivity index (χ1v) is 51.5. The van der Waals surface area contributed by atoms with Crippen molar-refractivity contribution in [3.8, 4) is 0 Å². The summed E-state index contributed by atoms with van der Waals surface area (Å²) in [5, 5.41) is 10.7. The van der Waals surface area contributed by atoms with Gasteiger partial charge in [-0.15, -0.1) is 0 Å². The molecule has 0 bridgehead atoms. The number of aliphatic hydroxyl groups is 1. The first-order valence-electron chi connectivity index (χ1n) is 48.5. The summed E-state index contributed by atoms with van der Waals surface area (Å²) in [6.07, 6.45) is 77.8. The van der Waals surface area contributed by atoms with Gasteiger partial charge >= 0.3 is 39.5 Å². The number of esters is 4. The van der Waals surface area contributed by atoms with Crippen LogP contribution in [-0.2, 0) is 65.4 Å². The van der Waals surface area contributed by atoms with Crippen molar-refractivity contribution in [1.82, 2.24) is 0 Å². The number of carbonyl (C=O) groups is 4. The highest BCUT2D eigenvalue weighted by Crippen LogP contribution is 2.45. The fraction of sp³-hybridized carbons (Fsp3) is 0.957. The zero-order chi connectivity index (χ0) is 82.9. The van der Waals surface area contributed by atoms with Crippen molar-refractivity contribution in [2.45, 2.75) is 523 Å². The standard InChI is InChI=1S/C94H184O17P2/c1-8-12-13-14-15-16-17-18-19-20-21-22-23-27-30-36-41-46-54-61-68-75-91(96)104-81-89(110-93(98)77-70-63-56-47-42-37-31-28-25-24-26-29-34-39-44-51-58-65-72-85(5)9-2)83-108-112(100,101)106-79-88(95)80-107-113(102,103)109-84-90(82-105-92(97)76-69-62-55-50-49-53-60-67-74-87(7)11-4)111-94(99)78-71-64-57-48-43-38-33-32-35-40-45-52-59-66-73-86(6)10-3/h85-90,95H,8-84H2,1-7H3,(H,100,101)(H,102,103)/t85?,86?,87?,88-,89-,90-/m1/s1. The number of rotatable bonds is 92. The van der Waals surface area contributed by atoms with Crippen LogP contribution in [0.3, 0.4) is 0 Å². The van der Waals surface area contributed by atoms with Crippen molar-refractivity contribution in [2.24, 2.45) is 17.8 Å². The van der Waals surface area contributed by atoms with E-state index in [1.165, 1.54) is 315 Å². The molecule has 0 saturated carbocycles. The van der Waals surface area contributed by atoms with Crippen molar-refractivity contribution < 1.29 is 80.2 Å². The third kappa shape index (κ3) is 83.5. The van der Waals surface area contributed by atoms with Gasteiger partial charge in [-0.05, 0) is 43.4 Å². The van der Waals surface area contributed by atoms with Crippen LogP contribution in [-0.4, -0.2) is 96.7 Å². The van der Waals surface area contributed by atoms with Gasteiger partial charge in [0.05, 0.1) is 26.4 Å². The molecule has 8 atom stereocenters. The molecule has 17 nitrogen and oxygen atoms in total. The summed E-state index contributed by atoms with van der Waals surface area (Å²) >= 11 is 0. The van der Waals surface area contributed by atoms with Gasteiger partial charge < -0.3 is 33.8 Å². The van der Waals surface area contributed by atoms with Crippen molar-refractivity contribution in [1.29, 1.82) is 0 Å². The predicted molar refractivity (Wildman–Crippen MR) is 469 cm³/mol. The van der Waals surface area contributed by atoms with Crippen LogP contribution in [0.15, 0.2) is 0 Å². The van der Waals surface area contributed by atoms with Crippen LogP contribution in [0.25, 0.3) is 0 Å². The summed E-state index contributed by atoms with van der Waals surface area (Å²) in [5.41, 5.74) is 0. The average molecular weight is 1650 g/mol. The molecule has 0 aliphatic carbocycles. The minimum atomic E-state index is -4.97. The van der Waals surface area contributed by atoms with E-state index in [9.17, 15) is 43.2 Å². The lowest BCUT2D eigenvalue weighted by Gasteiger charge is -2.21. The Labute approximate surface area is 696 Å². The van der Waals surface area contributed by atoms with E-state index in [4.69, 9.17) is 37.0 Å². The molecular weight excluding hydrogens is 1460 g/mol. The van der Waals surface area contributed by atoms with Crippen LogP contribution in [0.1, 0.15) is 504 Å². The average Bonchev–Trinajstić information content (AvgIpc) is 0.898. The zero-order valence-corrected chi connectivity index (χ0v) is 76.7. The van der Waals surface area contributed by atoms with Gasteiger partial charge in [0.25, 0.3) is 0 Å². The molecule has 19 heteroatoms. The summed E-state index contributed by atoms with van der Waals surface area (Å²) in [5.74, 6) is 0.398. The van der Waals surface area contributed by atoms with Gasteiger partial charge in [0, 0.05) is 25.7 Å². The van der Waals surface area contributed by atoms with E-state index < -0.39 is 97.5 Å². The van der Waals surface area contributed by atoms with Gasteiger partial charge in [0.1, 0.15) is 19.3 Å². The van der Waals surface area contributed by atoms with Crippen molar-refractivity contribution in [2.75, 3.05) is 39.6 Å². The lowest BCUT2D eigenvalue weighted by molar-refractivity contribution is -0.161. The van der Waals surface area contributed by atoms with Crippen LogP contribution < -0.4 is 0 Å². The molecule has 113 heavy (non-hydrogen) atoms. The number of hydrogen-bond acceptors (Lipinski definition) is 15. The normalized spacial score (nSPS) is 14.5. The molecule has 0 saturated heterocycles. The Bertz CT molecular complexity index is 2170. The fourth-order valence-electron chi connectivity index (χ4n) is 14.7. The van der Waals surface area contributed by atoms with Crippen molar-refractivity contribution in [3.63, 3.8) is 0 Å². The van der Waals surface area contributed by atoms with Crippen LogP contribution in [0.4, 0.5) is 0 Å². The molecule has 0 fully saturated rings. The first-order chi connectivity index (χ1) is 54.8. The Kier molecular flexibility index (Phi) is 82.3. The predicted octanol–water partition coefficient (Wildman–Crippen LogP) is 29.2. The van der Waals surface area contributed by atoms with Gasteiger partial charge in [0.15, 0.2) is 12.2 Å². The topological polar surface area (TPSA) is 237 Å². The molecule has 0 aromatic carbocycles. The van der Waals surface area contributed by atoms with E-state index in [0.717, 1.165) is 108 Å². The molecule has 0 aromatic rings. The van der Waals surface area contributed by atoms with E-state index in [2.05, 4.69) is 48.5 Å². The Hall–Kier alpha value is -1.94. The lowest BCUT2D eigenvalue weighted by atomic mass is 9.99. The third-order valence-electron chi connectivity index (χ3n) is 23.2. The Morgan fingerprint density at radius 2 is 0.425 bits per heavy atom. The zero-order valence-electron chi connectivity index (χ0n) is 74.9. The maximum atomic E-state index is 13.2. The minimum absolute atomic E-state index is 0.107. The highest BCUT2D eigenvalue weighted by Gasteiger charge is 2.31. The van der Waals surface area contributed by atoms with Crippen LogP contribution in [0.5, 0.6) is 0 Å². The first kappa shape index (κ1) is 111. The van der Waals surface area contributed by atoms with Crippen LogP contribution in [0, 0.1) is 17.8 Å². The van der Waals surface area contributed by atoms with E-state index in [1.807, 2.05) is 0 Å². The van der Waals surface area contributed by atoms with Gasteiger partial charge in [-0.3, -0.25) is 37.3 Å². The molecule has 0 aromatic heterocycles. The molecule has 672 valence electrons. The Morgan fingerprint density at radius 1 is 0.248 bits per heavy atom. The molecule has 0 rings (SSSR count). The Morgan fingerprint density at radius 3 is 0.628 bits per heavy atom. The summed E-state index contributed by atoms with van der Waals surface area (Å²) in [7, 11) is -9.94. The van der Waals surface area contributed by atoms with E-state index in [1.54, 1.807) is 0 Å². The number of hydrogen-bond donors (Lipinski definition) is 3. The number of ether oxygens (including phenoxy) is 4.